The van der Waals surface area contributed by atoms with E-state index < -0.39 is 0 Å². The molecule has 6 nitrogen and oxygen atoms in total. The third-order valence-electron chi connectivity index (χ3n) is 5.19. The number of phenols is 2. The highest BCUT2D eigenvalue weighted by molar-refractivity contribution is 6.24. The molecule has 0 amide bonds. The minimum absolute atomic E-state index is 0.0717. The maximum Gasteiger partial charge on any atom is 0.198 e. The van der Waals surface area contributed by atoms with Gasteiger partial charge in [-0.05, 0) is 35.4 Å². The summed E-state index contributed by atoms with van der Waals surface area (Å²) in [6, 6.07) is 17.8. The van der Waals surface area contributed by atoms with Gasteiger partial charge in [0.05, 0.1) is 18.4 Å². The lowest BCUT2D eigenvalue weighted by atomic mass is 10.00. The number of methoxy groups -OCH3 is 1. The number of benzene rings is 3. The average molecular weight is 384 g/mol. The summed E-state index contributed by atoms with van der Waals surface area (Å²) < 4.78 is 5.16. The highest BCUT2D eigenvalue weighted by Gasteiger charge is 2.34. The number of aromatic nitrogens is 2. The topological polar surface area (TPSA) is 95.4 Å². The molecule has 0 radical (unpaired) electrons. The largest absolute Gasteiger partial charge is 0.508 e. The van der Waals surface area contributed by atoms with Gasteiger partial charge in [0.1, 0.15) is 11.4 Å². The predicted octanol–water partition coefficient (Wildman–Crippen LogP) is 4.37. The summed E-state index contributed by atoms with van der Waals surface area (Å²) >= 11 is 0. The zero-order chi connectivity index (χ0) is 20.1. The lowest BCUT2D eigenvalue weighted by molar-refractivity contribution is 0.104. The molecule has 0 unspecified atom stereocenters. The molecule has 1 aliphatic carbocycles. The van der Waals surface area contributed by atoms with E-state index in [2.05, 4.69) is 10.2 Å². The minimum atomic E-state index is -0.181. The molecule has 1 aliphatic rings. The zero-order valence-corrected chi connectivity index (χ0v) is 15.4. The molecular weight excluding hydrogens is 368 g/mol. The number of H-pyrrole nitrogens is 1. The van der Waals surface area contributed by atoms with Crippen molar-refractivity contribution >= 4 is 5.78 Å². The Balaban J connectivity index is 1.55. The Kier molecular flexibility index (Phi) is 3.67. The van der Waals surface area contributed by atoms with Crippen LogP contribution in [0.25, 0.3) is 33.6 Å². The van der Waals surface area contributed by atoms with Crippen molar-refractivity contribution in [3.05, 3.63) is 71.8 Å². The Hall–Kier alpha value is -4.06. The number of nitrogens with zero attached hydrogens (tertiary/aromatic N) is 1. The molecule has 4 aromatic rings. The summed E-state index contributed by atoms with van der Waals surface area (Å²) in [5.41, 5.74) is 5.55. The molecule has 5 rings (SSSR count). The molecule has 142 valence electrons. The zero-order valence-electron chi connectivity index (χ0n) is 15.4. The number of hydrogen-bond acceptors (Lipinski definition) is 5. The van der Waals surface area contributed by atoms with Gasteiger partial charge in [-0.2, -0.15) is 5.10 Å². The Labute approximate surface area is 166 Å². The third kappa shape index (κ3) is 2.57. The van der Waals surface area contributed by atoms with Gasteiger partial charge in [0.15, 0.2) is 17.3 Å². The van der Waals surface area contributed by atoms with Crippen LogP contribution in [0.1, 0.15) is 15.9 Å². The number of rotatable bonds is 3. The smallest absolute Gasteiger partial charge is 0.198 e. The molecule has 3 N–H and O–H groups in total. The van der Waals surface area contributed by atoms with Crippen molar-refractivity contribution in [1.29, 1.82) is 0 Å². The van der Waals surface area contributed by atoms with Crippen LogP contribution >= 0.6 is 0 Å². The second-order valence-corrected chi connectivity index (χ2v) is 6.85. The third-order valence-corrected chi connectivity index (χ3v) is 5.19. The molecule has 6 heteroatoms. The number of ether oxygens (including phenoxy) is 1. The van der Waals surface area contributed by atoms with Gasteiger partial charge in [-0.3, -0.25) is 9.89 Å². The number of aromatic amines is 1. The van der Waals surface area contributed by atoms with Gasteiger partial charge in [0, 0.05) is 16.7 Å². The summed E-state index contributed by atoms with van der Waals surface area (Å²) in [5, 5.41) is 26.8. The summed E-state index contributed by atoms with van der Waals surface area (Å²) in [6.45, 7) is 0. The fraction of sp³-hybridized carbons (Fsp3) is 0.0435. The summed E-state index contributed by atoms with van der Waals surface area (Å²) in [7, 11) is 1.47. The van der Waals surface area contributed by atoms with E-state index in [4.69, 9.17) is 4.74 Å². The Bertz CT molecular complexity index is 1260. The summed E-state index contributed by atoms with van der Waals surface area (Å²) in [4.78, 5) is 13.0. The number of nitrogens with one attached hydrogen (secondary N) is 1. The second kappa shape index (κ2) is 6.24. The van der Waals surface area contributed by atoms with E-state index in [1.807, 2.05) is 36.4 Å². The molecule has 3 aromatic carbocycles. The number of phenolic OH excluding ortho intramolecular Hbond substituents is 2. The van der Waals surface area contributed by atoms with Crippen LogP contribution in [0.15, 0.2) is 60.7 Å². The first kappa shape index (κ1) is 17.1. The van der Waals surface area contributed by atoms with Gasteiger partial charge in [-0.25, -0.2) is 0 Å². The SMILES string of the molecule is COc1cc2c(cc1O)C(=O)c1c(-c3ccc(-c4ccc(O)cc4)cc3)n[nH]c1-2. The summed E-state index contributed by atoms with van der Waals surface area (Å²) in [5.74, 6) is 0.272. The van der Waals surface area contributed by atoms with Crippen LogP contribution in [-0.4, -0.2) is 33.3 Å². The molecule has 0 saturated carbocycles. The van der Waals surface area contributed by atoms with Crippen LogP contribution < -0.4 is 4.74 Å². The van der Waals surface area contributed by atoms with Crippen LogP contribution in [0.4, 0.5) is 0 Å². The quantitative estimate of drug-likeness (QED) is 0.429. The van der Waals surface area contributed by atoms with Gasteiger partial charge in [-0.15, -0.1) is 0 Å². The van der Waals surface area contributed by atoms with Crippen molar-refractivity contribution in [2.45, 2.75) is 0 Å². The molecule has 1 heterocycles. The molecule has 0 aliphatic heterocycles. The number of hydrogen-bond donors (Lipinski definition) is 3. The van der Waals surface area contributed by atoms with Crippen molar-refractivity contribution in [3.63, 3.8) is 0 Å². The van der Waals surface area contributed by atoms with Gasteiger partial charge in [0.2, 0.25) is 0 Å². The van der Waals surface area contributed by atoms with Crippen LogP contribution in [-0.2, 0) is 0 Å². The fourth-order valence-corrected chi connectivity index (χ4v) is 3.70. The predicted molar refractivity (Wildman–Crippen MR) is 108 cm³/mol. The lowest BCUT2D eigenvalue weighted by Gasteiger charge is -2.06. The van der Waals surface area contributed by atoms with Crippen molar-refractivity contribution in [2.75, 3.05) is 7.11 Å². The van der Waals surface area contributed by atoms with E-state index in [1.165, 1.54) is 13.2 Å². The molecule has 29 heavy (non-hydrogen) atoms. The lowest BCUT2D eigenvalue weighted by Crippen LogP contribution is -1.98. The number of ketones is 1. The van der Waals surface area contributed by atoms with Crippen LogP contribution in [0.2, 0.25) is 0 Å². The van der Waals surface area contributed by atoms with Crippen molar-refractivity contribution < 1.29 is 19.7 Å². The number of aromatic hydroxyl groups is 2. The number of carbonyl (C=O) groups excluding carboxylic acids is 1. The first-order chi connectivity index (χ1) is 14.1. The van der Waals surface area contributed by atoms with E-state index in [1.54, 1.807) is 18.2 Å². The normalized spacial score (nSPS) is 12.0. The van der Waals surface area contributed by atoms with E-state index >= 15 is 0 Å². The van der Waals surface area contributed by atoms with Gasteiger partial charge in [0.25, 0.3) is 0 Å². The first-order valence-corrected chi connectivity index (χ1v) is 9.01. The molecule has 0 atom stereocenters. The average Bonchev–Trinajstić information content (AvgIpc) is 3.28. The van der Waals surface area contributed by atoms with E-state index in [0.29, 0.717) is 33.8 Å². The second-order valence-electron chi connectivity index (χ2n) is 6.85. The minimum Gasteiger partial charge on any atom is -0.508 e. The maximum atomic E-state index is 13.0. The van der Waals surface area contributed by atoms with Crippen LogP contribution in [0.5, 0.6) is 17.2 Å². The van der Waals surface area contributed by atoms with E-state index in [0.717, 1.165) is 16.7 Å². The van der Waals surface area contributed by atoms with Crippen molar-refractivity contribution in [1.82, 2.24) is 10.2 Å². The molecule has 0 fully saturated rings. The van der Waals surface area contributed by atoms with Gasteiger partial charge >= 0.3 is 0 Å². The molecule has 0 saturated heterocycles. The molecule has 1 aromatic heterocycles. The maximum absolute atomic E-state index is 13.0. The monoisotopic (exact) mass is 384 g/mol. The fourth-order valence-electron chi connectivity index (χ4n) is 3.70. The summed E-state index contributed by atoms with van der Waals surface area (Å²) in [6.07, 6.45) is 0. The highest BCUT2D eigenvalue weighted by Crippen LogP contribution is 2.44. The number of fused-ring (bicyclic) bond motifs is 3. The molecular formula is C23H16N2O4. The van der Waals surface area contributed by atoms with Gasteiger partial charge in [-0.1, -0.05) is 36.4 Å². The van der Waals surface area contributed by atoms with Crippen molar-refractivity contribution in [3.8, 4) is 50.9 Å². The van der Waals surface area contributed by atoms with Crippen LogP contribution in [0, 0.1) is 0 Å². The standard InChI is InChI=1S/C23H16N2O4/c1-29-19-11-16-17(10-18(19)27)23(28)20-21(24-25-22(16)20)14-4-2-12(3-5-14)13-6-8-15(26)9-7-13/h2-11,26-27H,1H3,(H,24,25). The Morgan fingerprint density at radius 1 is 0.862 bits per heavy atom. The van der Waals surface area contributed by atoms with Crippen LogP contribution in [0.3, 0.4) is 0 Å². The highest BCUT2D eigenvalue weighted by atomic mass is 16.5. The molecule has 0 bridgehead atoms. The number of carbonyl (C=O) groups is 1. The Morgan fingerprint density at radius 3 is 2.14 bits per heavy atom. The van der Waals surface area contributed by atoms with E-state index in [9.17, 15) is 15.0 Å². The van der Waals surface area contributed by atoms with Crippen molar-refractivity contribution in [2.24, 2.45) is 0 Å². The molecule has 0 spiro atoms. The Morgan fingerprint density at radius 2 is 1.48 bits per heavy atom. The first-order valence-electron chi connectivity index (χ1n) is 9.01. The van der Waals surface area contributed by atoms with E-state index in [-0.39, 0.29) is 17.3 Å². The van der Waals surface area contributed by atoms with Gasteiger partial charge < -0.3 is 14.9 Å².